The van der Waals surface area contributed by atoms with Crippen LogP contribution in [0.15, 0.2) is 54.1 Å². The van der Waals surface area contributed by atoms with Gasteiger partial charge in [-0.25, -0.2) is 9.86 Å². The number of ether oxygens (including phenoxy) is 1. The van der Waals surface area contributed by atoms with E-state index >= 15 is 0 Å². The van der Waals surface area contributed by atoms with E-state index in [2.05, 4.69) is 6.58 Å². The van der Waals surface area contributed by atoms with Gasteiger partial charge in [-0.1, -0.05) is 48.6 Å². The van der Waals surface area contributed by atoms with E-state index < -0.39 is 11.5 Å². The number of benzene rings is 1. The smallest absolute Gasteiger partial charge is 0.410 e. The van der Waals surface area contributed by atoms with Crippen LogP contribution in [0, 0.1) is 11.3 Å². The second kappa shape index (κ2) is 10.9. The van der Waals surface area contributed by atoms with E-state index in [4.69, 9.17) is 10.1 Å². The average Bonchev–Trinajstić information content (AvgIpc) is 2.72. The van der Waals surface area contributed by atoms with E-state index in [1.807, 2.05) is 51.1 Å². The molecule has 7 nitrogen and oxygen atoms in total. The Bertz CT molecular complexity index is 819. The molecule has 2 N–H and O–H groups in total. The minimum Gasteiger partial charge on any atom is -0.444 e. The number of carbonyl (C=O) groups excluding carboxylic acids is 2. The van der Waals surface area contributed by atoms with Crippen molar-refractivity contribution in [1.29, 1.82) is 5.41 Å². The summed E-state index contributed by atoms with van der Waals surface area (Å²) in [5, 5.41) is 18.3. The van der Waals surface area contributed by atoms with Crippen molar-refractivity contribution in [2.24, 2.45) is 5.92 Å². The Hall–Kier alpha value is -2.93. The molecule has 0 radical (unpaired) electrons. The molecule has 0 spiro atoms. The van der Waals surface area contributed by atoms with Crippen LogP contribution < -0.4 is 0 Å². The van der Waals surface area contributed by atoms with Crippen LogP contribution in [0.2, 0.25) is 0 Å². The Morgan fingerprint density at radius 2 is 1.87 bits per heavy atom. The lowest BCUT2D eigenvalue weighted by Gasteiger charge is -2.34. The van der Waals surface area contributed by atoms with Crippen molar-refractivity contribution in [3.05, 3.63) is 59.7 Å². The molecule has 1 fully saturated rings. The summed E-state index contributed by atoms with van der Waals surface area (Å²) in [7, 11) is 0. The van der Waals surface area contributed by atoms with Gasteiger partial charge in [0.2, 0.25) is 0 Å². The summed E-state index contributed by atoms with van der Waals surface area (Å²) < 4.78 is 5.44. The van der Waals surface area contributed by atoms with Gasteiger partial charge < -0.3 is 15.0 Å². The number of allylic oxidation sites excluding steroid dienone is 1. The quantitative estimate of drug-likeness (QED) is 0.219. The fourth-order valence-corrected chi connectivity index (χ4v) is 3.50. The molecule has 0 bridgehead atoms. The number of amides is 2. The minimum atomic E-state index is -0.572. The first-order valence-corrected chi connectivity index (χ1v) is 10.5. The van der Waals surface area contributed by atoms with Crippen LogP contribution in [0.1, 0.15) is 45.6 Å². The van der Waals surface area contributed by atoms with Crippen molar-refractivity contribution in [2.45, 2.75) is 52.2 Å². The third kappa shape index (κ3) is 7.68. The maximum Gasteiger partial charge on any atom is 0.410 e. The van der Waals surface area contributed by atoms with Crippen LogP contribution in [0.4, 0.5) is 4.79 Å². The van der Waals surface area contributed by atoms with Gasteiger partial charge in [0.15, 0.2) is 0 Å². The van der Waals surface area contributed by atoms with Crippen LogP contribution in [0.3, 0.4) is 0 Å². The number of hydroxylamine groups is 2. The highest BCUT2D eigenvalue weighted by molar-refractivity contribution is 5.95. The first-order valence-electron chi connectivity index (χ1n) is 10.5. The number of nitrogens with zero attached hydrogens (tertiary/aromatic N) is 2. The molecular formula is C24H33N3O4. The fraction of sp³-hybridized carbons (Fsp3) is 0.458. The SMILES string of the molecule is C=C(/C=C(\CC=N)C1CCN(C(=O)OC(C)(C)C)CC1)C(=O)N(O)Cc1ccccc1. The predicted molar refractivity (Wildman–Crippen MR) is 120 cm³/mol. The average molecular weight is 428 g/mol. The second-order valence-corrected chi connectivity index (χ2v) is 8.74. The van der Waals surface area contributed by atoms with Crippen LogP contribution in [0.5, 0.6) is 0 Å². The Labute approximate surface area is 184 Å². The highest BCUT2D eigenvalue weighted by atomic mass is 16.6. The van der Waals surface area contributed by atoms with E-state index in [1.165, 1.54) is 6.21 Å². The third-order valence-electron chi connectivity index (χ3n) is 5.05. The van der Waals surface area contributed by atoms with Crippen molar-refractivity contribution in [3.8, 4) is 0 Å². The zero-order valence-corrected chi connectivity index (χ0v) is 18.6. The van der Waals surface area contributed by atoms with Gasteiger partial charge in [-0.3, -0.25) is 10.0 Å². The topological polar surface area (TPSA) is 93.9 Å². The van der Waals surface area contributed by atoms with Gasteiger partial charge in [-0.15, -0.1) is 0 Å². The maximum atomic E-state index is 12.5. The van der Waals surface area contributed by atoms with Crippen molar-refractivity contribution >= 4 is 18.2 Å². The molecule has 1 heterocycles. The second-order valence-electron chi connectivity index (χ2n) is 8.74. The van der Waals surface area contributed by atoms with Gasteiger partial charge in [-0.2, -0.15) is 0 Å². The number of nitrogens with one attached hydrogen (secondary N) is 1. The van der Waals surface area contributed by atoms with E-state index in [1.54, 1.807) is 11.0 Å². The molecule has 1 aliphatic heterocycles. The number of hydrogen-bond acceptors (Lipinski definition) is 5. The molecule has 1 aromatic rings. The lowest BCUT2D eigenvalue weighted by molar-refractivity contribution is -0.162. The lowest BCUT2D eigenvalue weighted by atomic mass is 9.86. The minimum absolute atomic E-state index is 0.0702. The molecule has 1 aromatic carbocycles. The molecule has 0 saturated carbocycles. The highest BCUT2D eigenvalue weighted by Gasteiger charge is 2.28. The standard InChI is InChI=1S/C24H33N3O4/c1-18(22(28)27(30)17-19-8-6-5-7-9-19)16-21(10-13-25)20-11-14-26(15-12-20)23(29)31-24(2,3)4/h5-9,13,16,20,25,30H,1,10-12,14-15,17H2,2-4H3/b21-16+,25-13?. The fourth-order valence-electron chi connectivity index (χ4n) is 3.50. The zero-order chi connectivity index (χ0) is 23.0. The molecule has 2 rings (SSSR count). The summed E-state index contributed by atoms with van der Waals surface area (Å²) in [4.78, 5) is 26.5. The molecule has 0 aliphatic carbocycles. The van der Waals surface area contributed by atoms with Gasteiger partial charge in [0.1, 0.15) is 5.60 Å². The molecule has 31 heavy (non-hydrogen) atoms. The Morgan fingerprint density at radius 1 is 1.26 bits per heavy atom. The first-order chi connectivity index (χ1) is 14.6. The largest absolute Gasteiger partial charge is 0.444 e. The number of piperidine rings is 1. The number of rotatable bonds is 7. The summed E-state index contributed by atoms with van der Waals surface area (Å²) in [6.07, 6.45) is 4.48. The van der Waals surface area contributed by atoms with Gasteiger partial charge in [-0.05, 0) is 51.3 Å². The van der Waals surface area contributed by atoms with Crippen molar-refractivity contribution < 1.29 is 19.5 Å². The van der Waals surface area contributed by atoms with Crippen LogP contribution in [0.25, 0.3) is 0 Å². The summed E-state index contributed by atoms with van der Waals surface area (Å²) >= 11 is 0. The molecule has 0 unspecified atom stereocenters. The predicted octanol–water partition coefficient (Wildman–Crippen LogP) is 4.57. The first kappa shape index (κ1) is 24.3. The number of likely N-dealkylation sites (tertiary alicyclic amines) is 1. The summed E-state index contributed by atoms with van der Waals surface area (Å²) in [5.74, 6) is -0.441. The molecule has 168 valence electrons. The van der Waals surface area contributed by atoms with Crippen LogP contribution in [-0.4, -0.2) is 52.1 Å². The zero-order valence-electron chi connectivity index (χ0n) is 18.6. The van der Waals surface area contributed by atoms with Crippen LogP contribution >= 0.6 is 0 Å². The van der Waals surface area contributed by atoms with Gasteiger partial charge in [0.25, 0.3) is 5.91 Å². The summed E-state index contributed by atoms with van der Waals surface area (Å²) in [5.41, 5.74) is 1.35. The number of carbonyl (C=O) groups is 2. The van der Waals surface area contributed by atoms with Crippen molar-refractivity contribution in [1.82, 2.24) is 9.96 Å². The molecule has 7 heteroatoms. The van der Waals surface area contributed by atoms with Gasteiger partial charge >= 0.3 is 6.09 Å². The normalized spacial score (nSPS) is 15.4. The van der Waals surface area contributed by atoms with E-state index in [0.29, 0.717) is 37.4 Å². The summed E-state index contributed by atoms with van der Waals surface area (Å²) in [6.45, 7) is 10.5. The maximum absolute atomic E-state index is 12.5. The van der Waals surface area contributed by atoms with Crippen LogP contribution in [-0.2, 0) is 16.1 Å². The molecule has 2 amide bonds. The molecule has 0 atom stereocenters. The third-order valence-corrected chi connectivity index (χ3v) is 5.05. The van der Waals surface area contributed by atoms with Gasteiger partial charge in [0, 0.05) is 25.1 Å². The Morgan fingerprint density at radius 3 is 2.42 bits per heavy atom. The molecular weight excluding hydrogens is 394 g/mol. The Kier molecular flexibility index (Phi) is 8.56. The monoisotopic (exact) mass is 427 g/mol. The van der Waals surface area contributed by atoms with E-state index in [9.17, 15) is 14.8 Å². The molecule has 0 aromatic heterocycles. The number of hydrogen-bond donors (Lipinski definition) is 2. The van der Waals surface area contributed by atoms with Gasteiger partial charge in [0.05, 0.1) is 6.54 Å². The van der Waals surface area contributed by atoms with E-state index in [0.717, 1.165) is 11.1 Å². The molecule has 1 saturated heterocycles. The van der Waals surface area contributed by atoms with Crippen molar-refractivity contribution in [2.75, 3.05) is 13.1 Å². The summed E-state index contributed by atoms with van der Waals surface area (Å²) in [6, 6.07) is 9.21. The lowest BCUT2D eigenvalue weighted by Crippen LogP contribution is -2.42. The van der Waals surface area contributed by atoms with E-state index in [-0.39, 0.29) is 24.1 Å². The van der Waals surface area contributed by atoms with Crippen molar-refractivity contribution in [3.63, 3.8) is 0 Å². The highest BCUT2D eigenvalue weighted by Crippen LogP contribution is 2.28. The Balaban J connectivity index is 1.99. The molecule has 1 aliphatic rings.